The first-order valence-corrected chi connectivity index (χ1v) is 5.28. The zero-order valence-electron chi connectivity index (χ0n) is 10.00. The van der Waals surface area contributed by atoms with Crippen molar-refractivity contribution in [3.8, 4) is 5.82 Å². The Hall–Kier alpha value is -2.98. The van der Waals surface area contributed by atoms with Gasteiger partial charge in [0.2, 0.25) is 0 Å². The van der Waals surface area contributed by atoms with Gasteiger partial charge in [-0.25, -0.2) is 4.79 Å². The van der Waals surface area contributed by atoms with Crippen LogP contribution in [-0.2, 0) is 4.79 Å². The van der Waals surface area contributed by atoms with Gasteiger partial charge < -0.3 is 10.4 Å². The van der Waals surface area contributed by atoms with E-state index in [0.29, 0.717) is 0 Å². The van der Waals surface area contributed by atoms with Crippen LogP contribution in [0.5, 0.6) is 0 Å². The molecule has 0 aliphatic heterocycles. The molecule has 0 unspecified atom stereocenters. The van der Waals surface area contributed by atoms with Crippen LogP contribution in [0.15, 0.2) is 24.5 Å². The van der Waals surface area contributed by atoms with Gasteiger partial charge in [0.05, 0.1) is 6.20 Å². The van der Waals surface area contributed by atoms with Gasteiger partial charge in [-0.3, -0.25) is 4.79 Å². The Morgan fingerprint density at radius 3 is 2.57 bits per heavy atom. The molecule has 110 valence electrons. The van der Waals surface area contributed by atoms with Crippen LogP contribution < -0.4 is 5.32 Å². The first kappa shape index (κ1) is 14.4. The Morgan fingerprint density at radius 2 is 2.05 bits per heavy atom. The Bertz CT molecular complexity index is 683. The predicted molar refractivity (Wildman–Crippen MR) is 60.8 cm³/mol. The molecule has 11 heteroatoms. The third kappa shape index (κ3) is 2.96. The summed E-state index contributed by atoms with van der Waals surface area (Å²) < 4.78 is 37.6. The van der Waals surface area contributed by atoms with Crippen LogP contribution in [0.4, 0.5) is 19.0 Å². The molecule has 0 aromatic carbocycles. The van der Waals surface area contributed by atoms with Gasteiger partial charge >= 0.3 is 18.1 Å². The lowest BCUT2D eigenvalue weighted by Gasteiger charge is -2.10. The minimum absolute atomic E-state index is 0.0533. The van der Waals surface area contributed by atoms with E-state index in [4.69, 9.17) is 5.11 Å². The number of amides is 1. The van der Waals surface area contributed by atoms with Gasteiger partial charge in [0.1, 0.15) is 5.56 Å². The van der Waals surface area contributed by atoms with Crippen molar-refractivity contribution in [2.75, 3.05) is 5.32 Å². The van der Waals surface area contributed by atoms with E-state index < -0.39 is 29.4 Å². The van der Waals surface area contributed by atoms with Crippen LogP contribution in [0.25, 0.3) is 5.82 Å². The largest absolute Gasteiger partial charge is 0.477 e. The van der Waals surface area contributed by atoms with E-state index in [9.17, 15) is 22.8 Å². The van der Waals surface area contributed by atoms with Crippen molar-refractivity contribution in [2.45, 2.75) is 6.18 Å². The number of nitrogens with one attached hydrogen (secondary N) is 1. The van der Waals surface area contributed by atoms with Gasteiger partial charge in [-0.1, -0.05) is 0 Å². The Kier molecular flexibility index (Phi) is 3.56. The first-order chi connectivity index (χ1) is 9.80. The topological polar surface area (TPSA) is 110 Å². The summed E-state index contributed by atoms with van der Waals surface area (Å²) in [7, 11) is 0. The van der Waals surface area contributed by atoms with Gasteiger partial charge in [0.15, 0.2) is 11.6 Å². The fourth-order valence-corrected chi connectivity index (χ4v) is 1.38. The minimum atomic E-state index is -5.17. The number of carboxylic acid groups (broad SMARTS) is 1. The molecule has 0 aliphatic rings. The molecule has 0 fully saturated rings. The highest BCUT2D eigenvalue weighted by molar-refractivity contribution is 6.01. The van der Waals surface area contributed by atoms with Gasteiger partial charge in [-0.05, 0) is 12.1 Å². The van der Waals surface area contributed by atoms with Crippen molar-refractivity contribution in [1.82, 2.24) is 20.0 Å². The third-order valence-corrected chi connectivity index (χ3v) is 2.26. The number of carbonyl (C=O) groups excluding carboxylic acids is 1. The average Bonchev–Trinajstić information content (AvgIpc) is 2.82. The second kappa shape index (κ2) is 5.19. The first-order valence-electron chi connectivity index (χ1n) is 5.28. The molecular formula is C10H6F3N5O3. The number of anilines is 1. The molecule has 2 rings (SSSR count). The summed E-state index contributed by atoms with van der Waals surface area (Å²) in [6, 6.07) is 2.74. The van der Waals surface area contributed by atoms with Crippen LogP contribution in [0.1, 0.15) is 10.4 Å². The maximum absolute atomic E-state index is 12.3. The molecule has 21 heavy (non-hydrogen) atoms. The molecule has 2 heterocycles. The van der Waals surface area contributed by atoms with Gasteiger partial charge in [-0.2, -0.15) is 28.1 Å². The molecule has 2 aromatic rings. The second-order valence-electron chi connectivity index (χ2n) is 3.66. The molecule has 0 saturated carbocycles. The molecule has 0 spiro atoms. The maximum Gasteiger partial charge on any atom is 0.471 e. The summed E-state index contributed by atoms with van der Waals surface area (Å²) in [6.07, 6.45) is -3.07. The lowest BCUT2D eigenvalue weighted by Crippen LogP contribution is -2.31. The van der Waals surface area contributed by atoms with Crippen molar-refractivity contribution in [3.63, 3.8) is 0 Å². The highest BCUT2D eigenvalue weighted by atomic mass is 19.4. The molecule has 0 bridgehead atoms. The van der Waals surface area contributed by atoms with Crippen LogP contribution >= 0.6 is 0 Å². The maximum atomic E-state index is 12.3. The Morgan fingerprint density at radius 1 is 1.33 bits per heavy atom. The Labute approximate surface area is 114 Å². The minimum Gasteiger partial charge on any atom is -0.477 e. The van der Waals surface area contributed by atoms with Crippen LogP contribution in [-0.4, -0.2) is 43.1 Å². The Balaban J connectivity index is 2.49. The molecule has 2 aromatic heterocycles. The lowest BCUT2D eigenvalue weighted by molar-refractivity contribution is -0.167. The number of alkyl halides is 3. The van der Waals surface area contributed by atoms with Crippen LogP contribution in [0.3, 0.4) is 0 Å². The standard InChI is InChI=1S/C10H6F3N5O3/c11-10(12,13)9(21)16-7-5(8(19)20)4-15-18(7)6-2-1-3-14-17-6/h1-4H,(H,16,21)(H,19,20). The quantitative estimate of drug-likeness (QED) is 0.870. The molecular weight excluding hydrogens is 295 g/mol. The highest BCUT2D eigenvalue weighted by Gasteiger charge is 2.40. The average molecular weight is 301 g/mol. The van der Waals surface area contributed by atoms with Crippen LogP contribution in [0.2, 0.25) is 0 Å². The SMILES string of the molecule is O=C(O)c1cnn(-c2cccnn2)c1NC(=O)C(F)(F)F. The number of carbonyl (C=O) groups is 2. The van der Waals surface area contributed by atoms with E-state index in [1.807, 2.05) is 0 Å². The van der Waals surface area contributed by atoms with Crippen molar-refractivity contribution in [1.29, 1.82) is 0 Å². The fraction of sp³-hybridized carbons (Fsp3) is 0.100. The van der Waals surface area contributed by atoms with Crippen molar-refractivity contribution < 1.29 is 27.9 Å². The number of aromatic carboxylic acids is 1. The number of hydrogen-bond acceptors (Lipinski definition) is 5. The number of hydrogen-bond donors (Lipinski definition) is 2. The summed E-state index contributed by atoms with van der Waals surface area (Å²) >= 11 is 0. The summed E-state index contributed by atoms with van der Waals surface area (Å²) in [5.41, 5.74) is -0.613. The highest BCUT2D eigenvalue weighted by Crippen LogP contribution is 2.23. The van der Waals surface area contributed by atoms with Crippen LogP contribution in [0, 0.1) is 0 Å². The number of halogens is 3. The molecule has 1 amide bonds. The monoisotopic (exact) mass is 301 g/mol. The molecule has 8 nitrogen and oxygen atoms in total. The summed E-state index contributed by atoms with van der Waals surface area (Å²) in [5.74, 6) is -4.59. The van der Waals surface area contributed by atoms with Crippen molar-refractivity contribution in [2.24, 2.45) is 0 Å². The molecule has 2 N–H and O–H groups in total. The van der Waals surface area contributed by atoms with E-state index in [1.54, 1.807) is 0 Å². The zero-order valence-corrected chi connectivity index (χ0v) is 10.00. The number of aromatic nitrogens is 4. The number of rotatable bonds is 3. The summed E-state index contributed by atoms with van der Waals surface area (Å²) in [4.78, 5) is 22.0. The van der Waals surface area contributed by atoms with E-state index >= 15 is 0 Å². The summed E-state index contributed by atoms with van der Waals surface area (Å²) in [6.45, 7) is 0. The normalized spacial score (nSPS) is 11.2. The lowest BCUT2D eigenvalue weighted by atomic mass is 10.3. The van der Waals surface area contributed by atoms with E-state index in [1.165, 1.54) is 23.6 Å². The smallest absolute Gasteiger partial charge is 0.471 e. The van der Waals surface area contributed by atoms with E-state index in [-0.39, 0.29) is 5.82 Å². The van der Waals surface area contributed by atoms with Gasteiger partial charge in [0, 0.05) is 6.20 Å². The van der Waals surface area contributed by atoms with Gasteiger partial charge in [-0.15, -0.1) is 5.10 Å². The molecule has 0 radical (unpaired) electrons. The molecule has 0 aliphatic carbocycles. The second-order valence-corrected chi connectivity index (χ2v) is 3.66. The van der Waals surface area contributed by atoms with Crippen molar-refractivity contribution in [3.05, 3.63) is 30.1 Å². The molecule has 0 atom stereocenters. The fourth-order valence-electron chi connectivity index (χ4n) is 1.38. The predicted octanol–water partition coefficient (Wildman–Crippen LogP) is 0.861. The third-order valence-electron chi connectivity index (χ3n) is 2.26. The number of nitrogens with zero attached hydrogens (tertiary/aromatic N) is 4. The number of carboxylic acids is 1. The van der Waals surface area contributed by atoms with Gasteiger partial charge in [0.25, 0.3) is 0 Å². The summed E-state index contributed by atoms with van der Waals surface area (Å²) in [5, 5.41) is 21.0. The molecule has 0 saturated heterocycles. The van der Waals surface area contributed by atoms with E-state index in [0.717, 1.165) is 10.9 Å². The zero-order chi connectivity index (χ0) is 15.6. The van der Waals surface area contributed by atoms with E-state index in [2.05, 4.69) is 15.3 Å². The van der Waals surface area contributed by atoms with Crippen molar-refractivity contribution >= 4 is 17.7 Å².